The van der Waals surface area contributed by atoms with Crippen LogP contribution in [0.4, 0.5) is 0 Å². The number of piperazine rings is 1. The highest BCUT2D eigenvalue weighted by molar-refractivity contribution is 5.27. The summed E-state index contributed by atoms with van der Waals surface area (Å²) in [4.78, 5) is 10.4. The van der Waals surface area contributed by atoms with Gasteiger partial charge in [-0.1, -0.05) is 63.7 Å². The number of H-pyrrole nitrogens is 1. The van der Waals surface area contributed by atoms with Gasteiger partial charge in [-0.2, -0.15) is 0 Å². The van der Waals surface area contributed by atoms with E-state index in [1.54, 1.807) is 6.20 Å². The van der Waals surface area contributed by atoms with Gasteiger partial charge in [0.05, 0.1) is 12.7 Å². The molecule has 0 radical (unpaired) electrons. The lowest BCUT2D eigenvalue weighted by atomic mass is 9.79. The number of imidazole rings is 1. The van der Waals surface area contributed by atoms with Crippen LogP contribution in [0, 0.1) is 5.92 Å². The van der Waals surface area contributed by atoms with Crippen molar-refractivity contribution in [1.29, 1.82) is 0 Å². The second kappa shape index (κ2) is 13.9. The maximum Gasteiger partial charge on any atom is 0.150 e. The van der Waals surface area contributed by atoms with Gasteiger partial charge in [-0.25, -0.2) is 4.98 Å². The standard InChI is InChI=1S/C26H44N4O2/c1-2-3-6-11-23-12-8-9-14-26(23,25-28-15-16-29-25)32-22-24(31)13-7-4-5-10-19-30-20-17-27-18-21-30/h8-9,12,14-16,23-24,27,31H,2-7,10-11,13,17-22H2,1H3,(H,28,29). The first-order valence-corrected chi connectivity index (χ1v) is 12.9. The average molecular weight is 445 g/mol. The number of nitrogens with one attached hydrogen (secondary N) is 2. The van der Waals surface area contributed by atoms with Crippen LogP contribution in [0.5, 0.6) is 0 Å². The largest absolute Gasteiger partial charge is 0.391 e. The molecule has 2 aliphatic rings. The number of unbranched alkanes of at least 4 members (excludes halogenated alkanes) is 5. The quantitative estimate of drug-likeness (QED) is 0.354. The van der Waals surface area contributed by atoms with Crippen molar-refractivity contribution in [1.82, 2.24) is 20.2 Å². The molecule has 32 heavy (non-hydrogen) atoms. The smallest absolute Gasteiger partial charge is 0.150 e. The molecule has 6 nitrogen and oxygen atoms in total. The summed E-state index contributed by atoms with van der Waals surface area (Å²) in [6.07, 6.45) is 21.9. The lowest BCUT2D eigenvalue weighted by Gasteiger charge is -2.37. The van der Waals surface area contributed by atoms with Crippen LogP contribution >= 0.6 is 0 Å². The van der Waals surface area contributed by atoms with E-state index in [9.17, 15) is 5.11 Å². The van der Waals surface area contributed by atoms with Crippen LogP contribution < -0.4 is 5.32 Å². The van der Waals surface area contributed by atoms with E-state index in [0.29, 0.717) is 6.61 Å². The molecule has 3 N–H and O–H groups in total. The van der Waals surface area contributed by atoms with Gasteiger partial charge >= 0.3 is 0 Å². The minimum absolute atomic E-state index is 0.224. The van der Waals surface area contributed by atoms with E-state index in [2.05, 4.69) is 45.3 Å². The van der Waals surface area contributed by atoms with Crippen molar-refractivity contribution in [2.24, 2.45) is 5.92 Å². The zero-order valence-corrected chi connectivity index (χ0v) is 20.0. The van der Waals surface area contributed by atoms with Gasteiger partial charge < -0.3 is 25.0 Å². The number of hydrogen-bond acceptors (Lipinski definition) is 5. The van der Waals surface area contributed by atoms with Crippen LogP contribution in [0.25, 0.3) is 0 Å². The molecular formula is C26H44N4O2. The summed E-state index contributed by atoms with van der Waals surface area (Å²) in [7, 11) is 0. The molecule has 0 bridgehead atoms. The molecule has 3 atom stereocenters. The molecule has 180 valence electrons. The first-order chi connectivity index (χ1) is 15.7. The summed E-state index contributed by atoms with van der Waals surface area (Å²) in [6.45, 7) is 8.37. The van der Waals surface area contributed by atoms with E-state index >= 15 is 0 Å². The molecule has 0 aromatic carbocycles. The van der Waals surface area contributed by atoms with Gasteiger partial charge in [0, 0.05) is 44.5 Å². The van der Waals surface area contributed by atoms with Crippen molar-refractivity contribution < 1.29 is 9.84 Å². The number of aliphatic hydroxyl groups excluding tert-OH is 1. The van der Waals surface area contributed by atoms with Gasteiger partial charge in [0.2, 0.25) is 0 Å². The normalized spacial score (nSPS) is 24.8. The van der Waals surface area contributed by atoms with Gasteiger partial charge in [-0.3, -0.25) is 0 Å². The van der Waals surface area contributed by atoms with Crippen LogP contribution in [-0.2, 0) is 10.3 Å². The van der Waals surface area contributed by atoms with E-state index in [1.807, 2.05) is 12.3 Å². The molecule has 1 aromatic rings. The number of nitrogens with zero attached hydrogens (tertiary/aromatic N) is 2. The molecule has 2 heterocycles. The SMILES string of the molecule is CCCCCC1C=CC=CC1(OCC(O)CCCCCCN1CCNCC1)c1ncc[nH]1. The lowest BCUT2D eigenvalue weighted by Crippen LogP contribution is -2.43. The van der Waals surface area contributed by atoms with Crippen molar-refractivity contribution in [2.45, 2.75) is 76.4 Å². The monoisotopic (exact) mass is 444 g/mol. The van der Waals surface area contributed by atoms with Crippen molar-refractivity contribution in [3.05, 3.63) is 42.5 Å². The number of ether oxygens (including phenoxy) is 1. The molecule has 1 aliphatic heterocycles. The highest BCUT2D eigenvalue weighted by atomic mass is 16.5. The average Bonchev–Trinajstić information content (AvgIpc) is 3.37. The Morgan fingerprint density at radius 3 is 2.78 bits per heavy atom. The lowest BCUT2D eigenvalue weighted by molar-refractivity contribution is -0.0868. The van der Waals surface area contributed by atoms with E-state index < -0.39 is 11.7 Å². The van der Waals surface area contributed by atoms with E-state index in [-0.39, 0.29) is 5.92 Å². The number of allylic oxidation sites excluding steroid dienone is 2. The summed E-state index contributed by atoms with van der Waals surface area (Å²) >= 11 is 0. The van der Waals surface area contributed by atoms with E-state index in [4.69, 9.17) is 4.74 Å². The third-order valence-electron chi connectivity index (χ3n) is 6.82. The Labute approximate surface area is 194 Å². The summed E-state index contributed by atoms with van der Waals surface area (Å²) in [5, 5.41) is 14.0. The second-order valence-electron chi connectivity index (χ2n) is 9.34. The number of rotatable bonds is 15. The minimum atomic E-state index is -0.615. The zero-order valence-electron chi connectivity index (χ0n) is 20.0. The van der Waals surface area contributed by atoms with Crippen LogP contribution in [0.2, 0.25) is 0 Å². The fourth-order valence-electron chi connectivity index (χ4n) is 4.87. The Morgan fingerprint density at radius 1 is 1.16 bits per heavy atom. The van der Waals surface area contributed by atoms with Gasteiger partial charge in [0.15, 0.2) is 5.60 Å². The van der Waals surface area contributed by atoms with Crippen LogP contribution in [0.3, 0.4) is 0 Å². The Balaban J connectivity index is 1.42. The summed E-state index contributed by atoms with van der Waals surface area (Å²) in [6, 6.07) is 0. The maximum atomic E-state index is 10.6. The Hall–Kier alpha value is -1.47. The predicted molar refractivity (Wildman–Crippen MR) is 131 cm³/mol. The van der Waals surface area contributed by atoms with E-state index in [1.165, 1.54) is 58.2 Å². The molecule has 6 heteroatoms. The fraction of sp³-hybridized carbons (Fsp3) is 0.731. The van der Waals surface area contributed by atoms with Crippen LogP contribution in [0.15, 0.2) is 36.7 Å². The molecule has 1 aromatic heterocycles. The highest BCUT2D eigenvalue weighted by Gasteiger charge is 2.41. The fourth-order valence-corrected chi connectivity index (χ4v) is 4.87. The number of aliphatic hydroxyl groups is 1. The van der Waals surface area contributed by atoms with Gasteiger partial charge in [-0.15, -0.1) is 0 Å². The van der Waals surface area contributed by atoms with Crippen LogP contribution in [0.1, 0.15) is 70.5 Å². The van der Waals surface area contributed by atoms with Gasteiger partial charge in [-0.05, 0) is 31.9 Å². The summed E-state index contributed by atoms with van der Waals surface area (Å²) in [5.41, 5.74) is -0.615. The van der Waals surface area contributed by atoms with Crippen molar-refractivity contribution in [3.63, 3.8) is 0 Å². The molecule has 1 aliphatic carbocycles. The number of aromatic amines is 1. The Bertz CT molecular complexity index is 669. The molecule has 1 saturated heterocycles. The highest BCUT2D eigenvalue weighted by Crippen LogP contribution is 2.40. The van der Waals surface area contributed by atoms with Crippen molar-refractivity contribution in [2.75, 3.05) is 39.3 Å². The molecule has 3 unspecified atom stereocenters. The maximum absolute atomic E-state index is 10.6. The molecular weight excluding hydrogens is 400 g/mol. The Morgan fingerprint density at radius 2 is 2.00 bits per heavy atom. The predicted octanol–water partition coefficient (Wildman–Crippen LogP) is 4.16. The van der Waals surface area contributed by atoms with Gasteiger partial charge in [0.1, 0.15) is 5.82 Å². The molecule has 3 rings (SSSR count). The first-order valence-electron chi connectivity index (χ1n) is 12.9. The van der Waals surface area contributed by atoms with Crippen molar-refractivity contribution >= 4 is 0 Å². The Kier molecular flexibility index (Phi) is 11.0. The molecule has 1 fully saturated rings. The second-order valence-corrected chi connectivity index (χ2v) is 9.34. The summed E-state index contributed by atoms with van der Waals surface area (Å²) < 4.78 is 6.48. The third-order valence-corrected chi connectivity index (χ3v) is 6.82. The number of aromatic nitrogens is 2. The molecule has 0 spiro atoms. The summed E-state index contributed by atoms with van der Waals surface area (Å²) in [5.74, 6) is 1.06. The van der Waals surface area contributed by atoms with Crippen LogP contribution in [-0.4, -0.2) is 65.4 Å². The van der Waals surface area contributed by atoms with Gasteiger partial charge in [0.25, 0.3) is 0 Å². The zero-order chi connectivity index (χ0) is 22.5. The number of hydrogen-bond donors (Lipinski definition) is 3. The van der Waals surface area contributed by atoms with Crippen molar-refractivity contribution in [3.8, 4) is 0 Å². The molecule has 0 saturated carbocycles. The minimum Gasteiger partial charge on any atom is -0.391 e. The third kappa shape index (κ3) is 7.55. The molecule has 0 amide bonds. The first kappa shape index (κ1) is 25.2. The van der Waals surface area contributed by atoms with E-state index in [0.717, 1.165) is 38.2 Å². The topological polar surface area (TPSA) is 73.4 Å².